The molecule has 0 N–H and O–H groups in total. The molecule has 1 aromatic heterocycles. The van der Waals surface area contributed by atoms with Gasteiger partial charge in [-0.15, -0.1) is 0 Å². The fourth-order valence-corrected chi connectivity index (χ4v) is 2.63. The normalized spacial score (nSPS) is 10.3. The smallest absolute Gasteiger partial charge is 0.343 e. The van der Waals surface area contributed by atoms with Crippen molar-refractivity contribution >= 4 is 5.97 Å². The van der Waals surface area contributed by atoms with Crippen molar-refractivity contribution in [3.63, 3.8) is 0 Å². The third kappa shape index (κ3) is 3.98. The average Bonchev–Trinajstić information content (AvgIpc) is 3.06. The Labute approximate surface area is 152 Å². The minimum atomic E-state index is -0.544. The molecule has 0 aliphatic carbocycles. The van der Waals surface area contributed by atoms with E-state index < -0.39 is 5.97 Å². The van der Waals surface area contributed by atoms with E-state index in [1.807, 2.05) is 68.4 Å². The maximum Gasteiger partial charge on any atom is 0.343 e. The van der Waals surface area contributed by atoms with Crippen LogP contribution in [0.25, 0.3) is 11.3 Å². The molecule has 26 heavy (non-hydrogen) atoms. The summed E-state index contributed by atoms with van der Waals surface area (Å²) in [5.74, 6) is -0.544. The molecule has 0 unspecified atom stereocenters. The molecule has 5 heteroatoms. The number of rotatable bonds is 5. The number of nitriles is 1. The molecule has 0 fully saturated rings. The Morgan fingerprint density at radius 2 is 1.69 bits per heavy atom. The number of esters is 1. The van der Waals surface area contributed by atoms with Crippen molar-refractivity contribution in [2.24, 2.45) is 0 Å². The van der Waals surface area contributed by atoms with Crippen molar-refractivity contribution in [3.05, 3.63) is 77.0 Å². The first-order valence-electron chi connectivity index (χ1n) is 8.31. The quantitative estimate of drug-likeness (QED) is 0.658. The first-order valence-corrected chi connectivity index (χ1v) is 8.31. The predicted octanol–water partition coefficient (Wildman–Crippen LogP) is 3.90. The molecule has 0 atom stereocenters. The lowest BCUT2D eigenvalue weighted by Crippen LogP contribution is -2.05. The van der Waals surface area contributed by atoms with Crippen LogP contribution < -0.4 is 0 Å². The van der Waals surface area contributed by atoms with Crippen molar-refractivity contribution in [2.45, 2.75) is 20.4 Å². The van der Waals surface area contributed by atoms with Crippen LogP contribution in [0, 0.1) is 25.2 Å². The highest BCUT2D eigenvalue weighted by atomic mass is 16.5. The monoisotopic (exact) mass is 345 g/mol. The Hall–Kier alpha value is -3.39. The second-order valence-corrected chi connectivity index (χ2v) is 6.17. The van der Waals surface area contributed by atoms with Crippen LogP contribution in [-0.4, -0.2) is 22.4 Å². The van der Waals surface area contributed by atoms with E-state index in [1.54, 1.807) is 10.9 Å². The first-order chi connectivity index (χ1) is 12.6. The van der Waals surface area contributed by atoms with E-state index >= 15 is 0 Å². The first kappa shape index (κ1) is 17.4. The number of carbonyl (C=O) groups excluding carboxylic acids is 1. The van der Waals surface area contributed by atoms with Crippen LogP contribution in [0.5, 0.6) is 0 Å². The van der Waals surface area contributed by atoms with Gasteiger partial charge in [-0.2, -0.15) is 10.4 Å². The van der Waals surface area contributed by atoms with E-state index in [4.69, 9.17) is 10.00 Å². The third-order valence-corrected chi connectivity index (χ3v) is 4.04. The summed E-state index contributed by atoms with van der Waals surface area (Å²) < 4.78 is 6.71. The SMILES string of the molecule is Cc1ccc(Cn2cc(C(=O)OCC#N)c(-c3ccc(C)cc3)n2)cc1. The van der Waals surface area contributed by atoms with Gasteiger partial charge >= 0.3 is 5.97 Å². The van der Waals surface area contributed by atoms with Gasteiger partial charge in [0, 0.05) is 11.8 Å². The van der Waals surface area contributed by atoms with Crippen molar-refractivity contribution in [2.75, 3.05) is 6.61 Å². The topological polar surface area (TPSA) is 67.9 Å². The number of hydrogen-bond donors (Lipinski definition) is 0. The molecule has 0 spiro atoms. The number of benzene rings is 2. The van der Waals surface area contributed by atoms with E-state index in [0.717, 1.165) is 16.7 Å². The standard InChI is InChI=1S/C21H19N3O2/c1-15-3-7-17(8-4-15)13-24-14-19(21(25)26-12-11-22)20(23-24)18-9-5-16(2)6-10-18/h3-10,14H,12-13H2,1-2H3. The summed E-state index contributed by atoms with van der Waals surface area (Å²) in [6.45, 7) is 4.30. The van der Waals surface area contributed by atoms with Crippen molar-refractivity contribution in [1.82, 2.24) is 9.78 Å². The number of carbonyl (C=O) groups is 1. The van der Waals surface area contributed by atoms with Crippen LogP contribution in [0.2, 0.25) is 0 Å². The molecule has 2 aromatic carbocycles. The van der Waals surface area contributed by atoms with Gasteiger partial charge in [0.05, 0.1) is 6.54 Å². The average molecular weight is 345 g/mol. The predicted molar refractivity (Wildman–Crippen MR) is 98.6 cm³/mol. The van der Waals surface area contributed by atoms with Gasteiger partial charge in [-0.25, -0.2) is 4.79 Å². The summed E-state index contributed by atoms with van der Waals surface area (Å²) in [5, 5.41) is 13.2. The van der Waals surface area contributed by atoms with Gasteiger partial charge in [-0.05, 0) is 19.4 Å². The number of aryl methyl sites for hydroxylation is 2. The minimum Gasteiger partial charge on any atom is -0.447 e. The van der Waals surface area contributed by atoms with Gasteiger partial charge in [0.1, 0.15) is 17.3 Å². The van der Waals surface area contributed by atoms with E-state index in [9.17, 15) is 4.79 Å². The zero-order valence-electron chi connectivity index (χ0n) is 14.8. The Balaban J connectivity index is 1.96. The molecule has 0 saturated carbocycles. The van der Waals surface area contributed by atoms with E-state index in [-0.39, 0.29) is 6.61 Å². The molecule has 0 bridgehead atoms. The van der Waals surface area contributed by atoms with E-state index in [0.29, 0.717) is 17.8 Å². The molecular formula is C21H19N3O2. The molecule has 0 amide bonds. The number of ether oxygens (including phenoxy) is 1. The van der Waals surface area contributed by atoms with Gasteiger partial charge in [-0.1, -0.05) is 59.7 Å². The molecule has 3 aromatic rings. The summed E-state index contributed by atoms with van der Waals surface area (Å²) in [6, 6.07) is 17.8. The van der Waals surface area contributed by atoms with Gasteiger partial charge in [0.2, 0.25) is 0 Å². The highest BCUT2D eigenvalue weighted by Crippen LogP contribution is 2.24. The molecule has 0 radical (unpaired) electrons. The lowest BCUT2D eigenvalue weighted by Gasteiger charge is -2.03. The summed E-state index contributed by atoms with van der Waals surface area (Å²) >= 11 is 0. The van der Waals surface area contributed by atoms with Crippen LogP contribution in [-0.2, 0) is 11.3 Å². The van der Waals surface area contributed by atoms with Gasteiger partial charge in [0.25, 0.3) is 0 Å². The molecule has 1 heterocycles. The highest BCUT2D eigenvalue weighted by molar-refractivity contribution is 5.96. The fraction of sp³-hybridized carbons (Fsp3) is 0.190. The second-order valence-electron chi connectivity index (χ2n) is 6.17. The Bertz CT molecular complexity index is 948. The van der Waals surface area contributed by atoms with Crippen LogP contribution in [0.15, 0.2) is 54.7 Å². The van der Waals surface area contributed by atoms with E-state index in [1.165, 1.54) is 5.56 Å². The summed E-state index contributed by atoms with van der Waals surface area (Å²) in [5.41, 5.74) is 5.15. The van der Waals surface area contributed by atoms with Crippen molar-refractivity contribution < 1.29 is 9.53 Å². The zero-order chi connectivity index (χ0) is 18.5. The third-order valence-electron chi connectivity index (χ3n) is 4.04. The number of aromatic nitrogens is 2. The molecule has 0 aliphatic heterocycles. The molecule has 130 valence electrons. The lowest BCUT2D eigenvalue weighted by molar-refractivity contribution is 0.0555. The maximum absolute atomic E-state index is 12.3. The van der Waals surface area contributed by atoms with Gasteiger partial charge in [0.15, 0.2) is 6.61 Å². The number of hydrogen-bond acceptors (Lipinski definition) is 4. The maximum atomic E-state index is 12.3. The Kier molecular flexibility index (Phi) is 5.14. The largest absolute Gasteiger partial charge is 0.447 e. The summed E-state index contributed by atoms with van der Waals surface area (Å²) in [6.07, 6.45) is 1.68. The Morgan fingerprint density at radius 3 is 2.31 bits per heavy atom. The van der Waals surface area contributed by atoms with Crippen molar-refractivity contribution in [1.29, 1.82) is 5.26 Å². The summed E-state index contributed by atoms with van der Waals surface area (Å²) in [7, 11) is 0. The Morgan fingerprint density at radius 1 is 1.08 bits per heavy atom. The molecular weight excluding hydrogens is 326 g/mol. The van der Waals surface area contributed by atoms with Gasteiger partial charge < -0.3 is 4.74 Å². The number of nitrogens with zero attached hydrogens (tertiary/aromatic N) is 3. The minimum absolute atomic E-state index is 0.282. The van der Waals surface area contributed by atoms with Gasteiger partial charge in [-0.3, -0.25) is 4.68 Å². The molecule has 5 nitrogen and oxygen atoms in total. The fourth-order valence-electron chi connectivity index (χ4n) is 2.63. The van der Waals surface area contributed by atoms with Crippen LogP contribution in [0.1, 0.15) is 27.0 Å². The molecule has 0 saturated heterocycles. The van der Waals surface area contributed by atoms with Crippen LogP contribution >= 0.6 is 0 Å². The van der Waals surface area contributed by atoms with E-state index in [2.05, 4.69) is 5.10 Å². The molecule has 3 rings (SSSR count). The molecule has 0 aliphatic rings. The van der Waals surface area contributed by atoms with Crippen LogP contribution in [0.4, 0.5) is 0 Å². The summed E-state index contributed by atoms with van der Waals surface area (Å²) in [4.78, 5) is 12.3. The van der Waals surface area contributed by atoms with Crippen LogP contribution in [0.3, 0.4) is 0 Å². The highest BCUT2D eigenvalue weighted by Gasteiger charge is 2.19. The lowest BCUT2D eigenvalue weighted by atomic mass is 10.1. The van der Waals surface area contributed by atoms with Crippen molar-refractivity contribution in [3.8, 4) is 17.3 Å². The second kappa shape index (κ2) is 7.66. The zero-order valence-corrected chi connectivity index (χ0v) is 14.8.